The molecule has 3 heterocycles. The number of para-hydroxylation sites is 1. The summed E-state index contributed by atoms with van der Waals surface area (Å²) in [5.41, 5.74) is 1.78. The lowest BCUT2D eigenvalue weighted by molar-refractivity contribution is -0.0379. The van der Waals surface area contributed by atoms with Gasteiger partial charge in [0.25, 0.3) is 5.56 Å². The van der Waals surface area contributed by atoms with Crippen molar-refractivity contribution >= 4 is 33.3 Å². The Bertz CT molecular complexity index is 1010. The van der Waals surface area contributed by atoms with Gasteiger partial charge in [-0.3, -0.25) is 9.36 Å². The molecule has 0 aliphatic carbocycles. The molecule has 0 N–H and O–H groups in total. The fraction of sp³-hybridized carbons (Fsp3) is 0.400. The SMILES string of the molecule is CCCSc1nc2sc3c(c2c(=O)n1-c1ccccc1)CC(C)(C)OC3. The number of aromatic nitrogens is 2. The van der Waals surface area contributed by atoms with E-state index in [-0.39, 0.29) is 11.2 Å². The molecule has 0 atom stereocenters. The monoisotopic (exact) mass is 386 g/mol. The first-order valence-electron chi connectivity index (χ1n) is 8.89. The normalized spacial score (nSPS) is 16.0. The van der Waals surface area contributed by atoms with Gasteiger partial charge in [0.1, 0.15) is 4.83 Å². The zero-order valence-corrected chi connectivity index (χ0v) is 16.9. The maximum absolute atomic E-state index is 13.5. The van der Waals surface area contributed by atoms with Gasteiger partial charge in [-0.15, -0.1) is 11.3 Å². The minimum atomic E-state index is -0.249. The van der Waals surface area contributed by atoms with Crippen LogP contribution in [0.2, 0.25) is 0 Å². The molecule has 1 aliphatic rings. The van der Waals surface area contributed by atoms with Crippen LogP contribution in [-0.4, -0.2) is 20.9 Å². The Morgan fingerprint density at radius 3 is 2.81 bits per heavy atom. The lowest BCUT2D eigenvalue weighted by atomic mass is 9.94. The average molecular weight is 387 g/mol. The van der Waals surface area contributed by atoms with E-state index in [1.54, 1.807) is 27.7 Å². The third-order valence-electron chi connectivity index (χ3n) is 4.52. The summed E-state index contributed by atoms with van der Waals surface area (Å²) in [6.07, 6.45) is 1.78. The van der Waals surface area contributed by atoms with Crippen LogP contribution in [0, 0.1) is 0 Å². The number of thiophene rings is 1. The van der Waals surface area contributed by atoms with Crippen LogP contribution in [0.3, 0.4) is 0 Å². The molecule has 2 aromatic heterocycles. The number of nitrogens with zero attached hydrogens (tertiary/aromatic N) is 2. The zero-order chi connectivity index (χ0) is 18.3. The largest absolute Gasteiger partial charge is 0.370 e. The van der Waals surface area contributed by atoms with Crippen molar-refractivity contribution in [2.24, 2.45) is 0 Å². The molecule has 4 rings (SSSR count). The van der Waals surface area contributed by atoms with E-state index in [2.05, 4.69) is 20.8 Å². The van der Waals surface area contributed by atoms with Crippen molar-refractivity contribution in [1.29, 1.82) is 0 Å². The number of hydrogen-bond acceptors (Lipinski definition) is 5. The highest BCUT2D eigenvalue weighted by molar-refractivity contribution is 7.99. The zero-order valence-electron chi connectivity index (χ0n) is 15.2. The van der Waals surface area contributed by atoms with Crippen molar-refractivity contribution in [3.05, 3.63) is 51.1 Å². The summed E-state index contributed by atoms with van der Waals surface area (Å²) >= 11 is 3.25. The Labute approximate surface area is 161 Å². The molecule has 0 bridgehead atoms. The van der Waals surface area contributed by atoms with E-state index < -0.39 is 0 Å². The number of thioether (sulfide) groups is 1. The van der Waals surface area contributed by atoms with Crippen LogP contribution in [0.25, 0.3) is 15.9 Å². The molecule has 0 spiro atoms. The Morgan fingerprint density at radius 2 is 2.08 bits per heavy atom. The summed E-state index contributed by atoms with van der Waals surface area (Å²) in [4.78, 5) is 20.4. The molecule has 0 amide bonds. The number of benzene rings is 1. The molecule has 0 saturated carbocycles. The Morgan fingerprint density at radius 1 is 1.31 bits per heavy atom. The van der Waals surface area contributed by atoms with Crippen LogP contribution in [-0.2, 0) is 17.8 Å². The first kappa shape index (κ1) is 17.8. The van der Waals surface area contributed by atoms with Crippen LogP contribution in [0.1, 0.15) is 37.6 Å². The van der Waals surface area contributed by atoms with Gasteiger partial charge >= 0.3 is 0 Å². The second-order valence-corrected chi connectivity index (χ2v) is 9.27. The van der Waals surface area contributed by atoms with Crippen molar-refractivity contribution in [2.75, 3.05) is 5.75 Å². The fourth-order valence-electron chi connectivity index (χ4n) is 3.27. The summed E-state index contributed by atoms with van der Waals surface area (Å²) < 4.78 is 7.72. The highest BCUT2D eigenvalue weighted by atomic mass is 32.2. The van der Waals surface area contributed by atoms with E-state index in [4.69, 9.17) is 9.72 Å². The van der Waals surface area contributed by atoms with Gasteiger partial charge in [-0.1, -0.05) is 36.9 Å². The van der Waals surface area contributed by atoms with Crippen molar-refractivity contribution in [2.45, 2.75) is 51.0 Å². The molecule has 26 heavy (non-hydrogen) atoms. The van der Waals surface area contributed by atoms with Crippen LogP contribution in [0.15, 0.2) is 40.3 Å². The Balaban J connectivity index is 1.99. The highest BCUT2D eigenvalue weighted by Crippen LogP contribution is 2.37. The molecule has 4 nitrogen and oxygen atoms in total. The number of rotatable bonds is 4. The minimum absolute atomic E-state index is 0.0370. The smallest absolute Gasteiger partial charge is 0.267 e. The molecule has 0 radical (unpaired) electrons. The van der Waals surface area contributed by atoms with Gasteiger partial charge in [0.2, 0.25) is 0 Å². The predicted octanol–water partition coefficient (Wildman–Crippen LogP) is 4.80. The van der Waals surface area contributed by atoms with E-state index in [1.165, 1.54) is 0 Å². The standard InChI is InChI=1S/C20H22N2O2S2/c1-4-10-25-19-21-17-16(14-11-20(2,3)24-12-15(14)26-17)18(23)22(19)13-8-6-5-7-9-13/h5-9H,4,10-12H2,1-3H3. The van der Waals surface area contributed by atoms with Crippen molar-refractivity contribution in [3.63, 3.8) is 0 Å². The van der Waals surface area contributed by atoms with Crippen LogP contribution < -0.4 is 5.56 Å². The van der Waals surface area contributed by atoms with Gasteiger partial charge in [-0.2, -0.15) is 0 Å². The minimum Gasteiger partial charge on any atom is -0.370 e. The van der Waals surface area contributed by atoms with E-state index in [1.807, 2.05) is 30.3 Å². The van der Waals surface area contributed by atoms with Crippen molar-refractivity contribution in [1.82, 2.24) is 9.55 Å². The van der Waals surface area contributed by atoms with Gasteiger partial charge in [0, 0.05) is 17.1 Å². The lowest BCUT2D eigenvalue weighted by Crippen LogP contribution is -2.32. The van der Waals surface area contributed by atoms with E-state index in [0.717, 1.165) is 50.1 Å². The summed E-state index contributed by atoms with van der Waals surface area (Å²) in [5.74, 6) is 0.937. The van der Waals surface area contributed by atoms with Gasteiger partial charge in [-0.25, -0.2) is 4.98 Å². The Kier molecular flexibility index (Phi) is 4.67. The molecule has 0 saturated heterocycles. The molecule has 136 valence electrons. The summed E-state index contributed by atoms with van der Waals surface area (Å²) in [5, 5.41) is 1.54. The second kappa shape index (κ2) is 6.83. The van der Waals surface area contributed by atoms with Gasteiger partial charge in [0.05, 0.1) is 23.3 Å². The summed E-state index contributed by atoms with van der Waals surface area (Å²) in [6, 6.07) is 9.82. The molecular formula is C20H22N2O2S2. The lowest BCUT2D eigenvalue weighted by Gasteiger charge is -2.29. The van der Waals surface area contributed by atoms with Crippen molar-refractivity contribution in [3.8, 4) is 5.69 Å². The van der Waals surface area contributed by atoms with Crippen molar-refractivity contribution < 1.29 is 4.74 Å². The quantitative estimate of drug-likeness (QED) is 0.477. The summed E-state index contributed by atoms with van der Waals surface area (Å²) in [6.45, 7) is 6.85. The first-order chi connectivity index (χ1) is 12.5. The average Bonchev–Trinajstić information content (AvgIpc) is 2.97. The van der Waals surface area contributed by atoms with Gasteiger partial charge in [-0.05, 0) is 38.0 Å². The topological polar surface area (TPSA) is 44.1 Å². The fourth-order valence-corrected chi connectivity index (χ4v) is 5.28. The highest BCUT2D eigenvalue weighted by Gasteiger charge is 2.31. The van der Waals surface area contributed by atoms with E-state index in [0.29, 0.717) is 6.61 Å². The molecule has 3 aromatic rings. The number of ether oxygens (including phenoxy) is 1. The maximum atomic E-state index is 13.5. The Hall–Kier alpha value is -1.63. The van der Waals surface area contributed by atoms with E-state index >= 15 is 0 Å². The number of fused-ring (bicyclic) bond motifs is 3. The maximum Gasteiger partial charge on any atom is 0.267 e. The third kappa shape index (κ3) is 3.10. The molecule has 0 unspecified atom stereocenters. The molecule has 6 heteroatoms. The van der Waals surface area contributed by atoms with E-state index in [9.17, 15) is 4.79 Å². The van der Waals surface area contributed by atoms with Gasteiger partial charge in [0.15, 0.2) is 5.16 Å². The molecule has 0 fully saturated rings. The van der Waals surface area contributed by atoms with Gasteiger partial charge < -0.3 is 4.74 Å². The number of hydrogen-bond donors (Lipinski definition) is 0. The van der Waals surface area contributed by atoms with Crippen LogP contribution >= 0.6 is 23.1 Å². The second-order valence-electron chi connectivity index (χ2n) is 7.13. The third-order valence-corrected chi connectivity index (χ3v) is 6.77. The van der Waals surface area contributed by atoms with Crippen LogP contribution in [0.5, 0.6) is 0 Å². The predicted molar refractivity (Wildman–Crippen MR) is 109 cm³/mol. The summed E-state index contributed by atoms with van der Waals surface area (Å²) in [7, 11) is 0. The van der Waals surface area contributed by atoms with Crippen LogP contribution in [0.4, 0.5) is 0 Å². The molecule has 1 aliphatic heterocycles. The first-order valence-corrected chi connectivity index (χ1v) is 10.7. The molecule has 1 aromatic carbocycles. The molecular weight excluding hydrogens is 364 g/mol.